The maximum Gasteiger partial charge on any atom is 0.188 e. The fourth-order valence-corrected chi connectivity index (χ4v) is 3.09. The smallest absolute Gasteiger partial charge is 0.188 e. The molecule has 2 aliphatic rings. The van der Waals surface area contributed by atoms with Crippen LogP contribution in [-0.2, 0) is 0 Å². The third-order valence-corrected chi connectivity index (χ3v) is 4.69. The molecule has 0 radical (unpaired) electrons. The lowest BCUT2D eigenvalue weighted by molar-refractivity contribution is 0.113. The quantitative estimate of drug-likeness (QED) is 0.293. The van der Waals surface area contributed by atoms with Crippen LogP contribution in [0.5, 0.6) is 0 Å². The Morgan fingerprint density at radius 2 is 2.00 bits per heavy atom. The van der Waals surface area contributed by atoms with Crippen LogP contribution in [0.15, 0.2) is 4.99 Å². The maximum absolute atomic E-state index is 5.93. The number of nitrogens with zero attached hydrogens (tertiary/aromatic N) is 1. The molecular weight excluding hydrogens is 349 g/mol. The molecule has 0 aromatic carbocycles. The minimum atomic E-state index is 0. The van der Waals surface area contributed by atoms with Gasteiger partial charge in [-0.2, -0.15) is 0 Å². The Hall–Kier alpha value is 0. The van der Waals surface area contributed by atoms with Crippen molar-refractivity contribution in [3.63, 3.8) is 0 Å². The lowest BCUT2D eigenvalue weighted by Gasteiger charge is -2.41. The lowest BCUT2D eigenvalue weighted by Crippen LogP contribution is -2.38. The minimum absolute atomic E-state index is 0. The molecule has 3 nitrogen and oxygen atoms in total. The molecule has 2 saturated carbocycles. The monoisotopic (exact) mass is 379 g/mol. The average Bonchev–Trinajstić information content (AvgIpc) is 3.12. The van der Waals surface area contributed by atoms with Crippen LogP contribution in [-0.4, -0.2) is 19.0 Å². The SMILES string of the molecule is CCCCCCNC(N)=NCC1(C2CC2)CCC1.I. The molecule has 0 heterocycles. The van der Waals surface area contributed by atoms with Crippen LogP contribution >= 0.6 is 24.0 Å². The maximum atomic E-state index is 5.93. The van der Waals surface area contributed by atoms with Gasteiger partial charge in [-0.1, -0.05) is 32.6 Å². The van der Waals surface area contributed by atoms with Gasteiger partial charge in [-0.05, 0) is 43.4 Å². The molecule has 112 valence electrons. The number of nitrogens with two attached hydrogens (primary N) is 1. The molecule has 0 spiro atoms. The van der Waals surface area contributed by atoms with Crippen molar-refractivity contribution in [2.45, 2.75) is 64.7 Å². The Labute approximate surface area is 135 Å². The molecule has 0 atom stereocenters. The van der Waals surface area contributed by atoms with E-state index in [0.717, 1.165) is 19.0 Å². The Morgan fingerprint density at radius 1 is 1.26 bits per heavy atom. The van der Waals surface area contributed by atoms with Crippen molar-refractivity contribution in [2.75, 3.05) is 13.1 Å². The van der Waals surface area contributed by atoms with Gasteiger partial charge in [-0.3, -0.25) is 4.99 Å². The fraction of sp³-hybridized carbons (Fsp3) is 0.933. The summed E-state index contributed by atoms with van der Waals surface area (Å²) in [5.41, 5.74) is 6.48. The second-order valence-electron chi connectivity index (χ2n) is 6.18. The van der Waals surface area contributed by atoms with Gasteiger partial charge < -0.3 is 11.1 Å². The fourth-order valence-electron chi connectivity index (χ4n) is 3.09. The summed E-state index contributed by atoms with van der Waals surface area (Å²) < 4.78 is 0. The Balaban J connectivity index is 0.00000180. The van der Waals surface area contributed by atoms with E-state index in [9.17, 15) is 0 Å². The summed E-state index contributed by atoms with van der Waals surface area (Å²) in [5.74, 6) is 1.63. The summed E-state index contributed by atoms with van der Waals surface area (Å²) in [5, 5.41) is 3.25. The number of hydrogen-bond donors (Lipinski definition) is 2. The highest BCUT2D eigenvalue weighted by molar-refractivity contribution is 14.0. The molecule has 2 fully saturated rings. The first-order valence-electron chi connectivity index (χ1n) is 7.81. The molecule has 4 heteroatoms. The van der Waals surface area contributed by atoms with E-state index >= 15 is 0 Å². The van der Waals surface area contributed by atoms with Gasteiger partial charge in [-0.15, -0.1) is 24.0 Å². The second-order valence-corrected chi connectivity index (χ2v) is 6.18. The zero-order chi connectivity index (χ0) is 12.8. The number of nitrogens with one attached hydrogen (secondary N) is 1. The van der Waals surface area contributed by atoms with E-state index in [4.69, 9.17) is 5.73 Å². The molecule has 2 rings (SSSR count). The molecular formula is C15H30IN3. The van der Waals surface area contributed by atoms with Crippen LogP contribution in [0.2, 0.25) is 0 Å². The van der Waals surface area contributed by atoms with Crippen molar-refractivity contribution >= 4 is 29.9 Å². The highest BCUT2D eigenvalue weighted by Gasteiger charge is 2.48. The molecule has 0 unspecified atom stereocenters. The first-order valence-corrected chi connectivity index (χ1v) is 7.81. The van der Waals surface area contributed by atoms with Crippen LogP contribution in [0.25, 0.3) is 0 Å². The van der Waals surface area contributed by atoms with Gasteiger partial charge >= 0.3 is 0 Å². The predicted molar refractivity (Wildman–Crippen MR) is 93.1 cm³/mol. The number of guanidine groups is 1. The Morgan fingerprint density at radius 3 is 2.53 bits per heavy atom. The Kier molecular flexibility index (Phi) is 7.47. The van der Waals surface area contributed by atoms with E-state index in [1.54, 1.807) is 0 Å². The highest BCUT2D eigenvalue weighted by atomic mass is 127. The van der Waals surface area contributed by atoms with Crippen LogP contribution in [0.3, 0.4) is 0 Å². The highest BCUT2D eigenvalue weighted by Crippen LogP contribution is 2.57. The number of halogens is 1. The molecule has 0 bridgehead atoms. The summed E-state index contributed by atoms with van der Waals surface area (Å²) in [6.45, 7) is 4.18. The van der Waals surface area contributed by atoms with E-state index in [2.05, 4.69) is 17.2 Å². The van der Waals surface area contributed by atoms with Crippen LogP contribution in [0.1, 0.15) is 64.7 Å². The molecule has 0 amide bonds. The zero-order valence-electron chi connectivity index (χ0n) is 12.3. The average molecular weight is 379 g/mol. The van der Waals surface area contributed by atoms with E-state index in [1.807, 2.05) is 0 Å². The molecule has 0 saturated heterocycles. The summed E-state index contributed by atoms with van der Waals surface area (Å²) in [7, 11) is 0. The second kappa shape index (κ2) is 8.32. The van der Waals surface area contributed by atoms with Crippen molar-refractivity contribution in [1.29, 1.82) is 0 Å². The van der Waals surface area contributed by atoms with Crippen molar-refractivity contribution < 1.29 is 0 Å². The third-order valence-electron chi connectivity index (χ3n) is 4.69. The van der Waals surface area contributed by atoms with Gasteiger partial charge in [0, 0.05) is 13.1 Å². The molecule has 0 aromatic rings. The first kappa shape index (κ1) is 17.1. The van der Waals surface area contributed by atoms with Crippen LogP contribution in [0.4, 0.5) is 0 Å². The molecule has 19 heavy (non-hydrogen) atoms. The van der Waals surface area contributed by atoms with Crippen LogP contribution < -0.4 is 11.1 Å². The van der Waals surface area contributed by atoms with Gasteiger partial charge in [0.15, 0.2) is 5.96 Å². The molecule has 3 N–H and O–H groups in total. The van der Waals surface area contributed by atoms with E-state index in [-0.39, 0.29) is 24.0 Å². The number of hydrogen-bond acceptors (Lipinski definition) is 1. The first-order chi connectivity index (χ1) is 8.77. The van der Waals surface area contributed by atoms with Crippen molar-refractivity contribution in [2.24, 2.45) is 22.1 Å². The molecule has 2 aliphatic carbocycles. The van der Waals surface area contributed by atoms with E-state index in [1.165, 1.54) is 57.8 Å². The van der Waals surface area contributed by atoms with Crippen molar-refractivity contribution in [3.8, 4) is 0 Å². The van der Waals surface area contributed by atoms with Gasteiger partial charge in [-0.25, -0.2) is 0 Å². The van der Waals surface area contributed by atoms with E-state index < -0.39 is 0 Å². The van der Waals surface area contributed by atoms with Crippen LogP contribution in [0, 0.1) is 11.3 Å². The lowest BCUT2D eigenvalue weighted by atomic mass is 9.65. The largest absolute Gasteiger partial charge is 0.370 e. The number of rotatable bonds is 8. The number of aliphatic imine (C=N–C) groups is 1. The summed E-state index contributed by atoms with van der Waals surface area (Å²) >= 11 is 0. The van der Waals surface area contributed by atoms with Crippen molar-refractivity contribution in [3.05, 3.63) is 0 Å². The van der Waals surface area contributed by atoms with Gasteiger partial charge in [0.25, 0.3) is 0 Å². The topological polar surface area (TPSA) is 50.4 Å². The molecule has 0 aromatic heterocycles. The zero-order valence-corrected chi connectivity index (χ0v) is 14.6. The predicted octanol–water partition coefficient (Wildman–Crippen LogP) is 3.67. The summed E-state index contributed by atoms with van der Waals surface area (Å²) in [6.07, 6.45) is 12.1. The van der Waals surface area contributed by atoms with E-state index in [0.29, 0.717) is 11.4 Å². The van der Waals surface area contributed by atoms with Gasteiger partial charge in [0.2, 0.25) is 0 Å². The summed E-state index contributed by atoms with van der Waals surface area (Å²) in [4.78, 5) is 4.58. The van der Waals surface area contributed by atoms with Crippen molar-refractivity contribution in [1.82, 2.24) is 5.32 Å². The third kappa shape index (κ3) is 5.12. The van der Waals surface area contributed by atoms with Gasteiger partial charge in [0.1, 0.15) is 0 Å². The summed E-state index contributed by atoms with van der Waals surface area (Å²) in [6, 6.07) is 0. The Bertz CT molecular complexity index is 283. The van der Waals surface area contributed by atoms with Gasteiger partial charge in [0.05, 0.1) is 0 Å². The normalized spacial score (nSPS) is 21.4. The number of unbranched alkanes of at least 4 members (excludes halogenated alkanes) is 3. The minimum Gasteiger partial charge on any atom is -0.370 e. The molecule has 0 aliphatic heterocycles. The standard InChI is InChI=1S/C15H29N3.HI/c1-2-3-4-5-11-17-14(16)18-12-15(9-6-10-15)13-7-8-13;/h13H,2-12H2,1H3,(H3,16,17,18);1H.